The van der Waals surface area contributed by atoms with Gasteiger partial charge in [-0.05, 0) is 41.7 Å². The maximum Gasteiger partial charge on any atom is 0.382 e. The predicted octanol–water partition coefficient (Wildman–Crippen LogP) is 2.08. The van der Waals surface area contributed by atoms with Crippen molar-refractivity contribution in [2.75, 3.05) is 6.54 Å². The summed E-state index contributed by atoms with van der Waals surface area (Å²) in [6, 6.07) is 2.86. The summed E-state index contributed by atoms with van der Waals surface area (Å²) in [5.41, 5.74) is 0.371. The van der Waals surface area contributed by atoms with Crippen molar-refractivity contribution < 1.29 is 25.2 Å². The Morgan fingerprint density at radius 1 is 1.09 bits per heavy atom. The monoisotopic (exact) mass is 383 g/mol. The molecule has 1 aromatic rings. The first kappa shape index (κ1) is 20.1. The maximum atomic E-state index is 11.8. The second-order valence-corrected chi connectivity index (χ2v) is 9.64. The van der Waals surface area contributed by atoms with Gasteiger partial charge in [0.05, 0.1) is 0 Å². The Labute approximate surface area is 142 Å². The Kier molecular flexibility index (Phi) is 6.00. The van der Waals surface area contributed by atoms with Crippen LogP contribution in [0.25, 0.3) is 0 Å². The topological polar surface area (TPSA) is 98.8 Å². The third-order valence-electron chi connectivity index (χ3n) is 2.80. The molecule has 0 amide bonds. The minimum atomic E-state index is -4.01. The normalized spacial score (nSPS) is 13.0. The molecule has 1 rings (SSSR count). The van der Waals surface area contributed by atoms with Crippen LogP contribution in [0, 0.1) is 6.92 Å². The van der Waals surface area contributed by atoms with E-state index >= 15 is 0 Å². The van der Waals surface area contributed by atoms with Gasteiger partial charge in [0.25, 0.3) is 0 Å². The van der Waals surface area contributed by atoms with Crippen molar-refractivity contribution in [2.45, 2.75) is 40.0 Å². The van der Waals surface area contributed by atoms with Gasteiger partial charge in [0, 0.05) is 12.1 Å². The fraction of sp³-hybridized carbons (Fsp3) is 0.538. The smallest absolute Gasteiger partial charge is 0.374 e. The van der Waals surface area contributed by atoms with E-state index in [-0.39, 0.29) is 18.0 Å². The highest BCUT2D eigenvalue weighted by Gasteiger charge is 2.25. The first-order valence-corrected chi connectivity index (χ1v) is 10.6. The number of nitrogens with one attached hydrogen (secondary N) is 1. The summed E-state index contributed by atoms with van der Waals surface area (Å²) in [5.74, 6) is 0.179. The van der Waals surface area contributed by atoms with Gasteiger partial charge in [0.2, 0.25) is 0 Å². The number of hydrogen-bond donors (Lipinski definition) is 2. The van der Waals surface area contributed by atoms with E-state index in [1.807, 2.05) is 20.8 Å². The summed E-state index contributed by atoms with van der Waals surface area (Å²) in [6.45, 7) is 8.89. The average molecular weight is 384 g/mol. The molecule has 0 saturated heterocycles. The summed E-state index contributed by atoms with van der Waals surface area (Å²) >= 11 is 3.38. The molecule has 0 atom stereocenters. The lowest BCUT2D eigenvalue weighted by molar-refractivity contribution is 0.462. The van der Waals surface area contributed by atoms with E-state index in [0.29, 0.717) is 11.1 Å². The molecule has 0 saturated carbocycles. The number of rotatable bonds is 6. The van der Waals surface area contributed by atoms with E-state index < -0.39 is 24.9 Å². The van der Waals surface area contributed by atoms with Crippen molar-refractivity contribution in [3.8, 4) is 11.5 Å². The van der Waals surface area contributed by atoms with E-state index in [0.717, 1.165) is 0 Å². The molecule has 0 bridgehead atoms. The van der Waals surface area contributed by atoms with Gasteiger partial charge in [-0.1, -0.05) is 27.7 Å². The third-order valence-corrected chi connectivity index (χ3v) is 4.46. The molecule has 0 aromatic heterocycles. The fourth-order valence-electron chi connectivity index (χ4n) is 1.84. The predicted molar refractivity (Wildman–Crippen MR) is 91.6 cm³/mol. The highest BCUT2D eigenvalue weighted by molar-refractivity contribution is 8.61. The summed E-state index contributed by atoms with van der Waals surface area (Å²) in [6.07, 6.45) is 0. The summed E-state index contributed by atoms with van der Waals surface area (Å²) in [7, 11) is -7.95. The molecule has 1 aromatic carbocycles. The molecular weight excluding hydrogens is 362 g/mol. The highest BCUT2D eigenvalue weighted by Crippen LogP contribution is 2.37. The number of thiol groups is 1. The second kappa shape index (κ2) is 6.88. The Balaban J connectivity index is 3.43. The average Bonchev–Trinajstić information content (AvgIpc) is 2.28. The molecule has 0 aliphatic carbocycles. The summed E-state index contributed by atoms with van der Waals surface area (Å²) in [4.78, 5) is 0. The Bertz CT molecular complexity index is 779. The van der Waals surface area contributed by atoms with Crippen molar-refractivity contribution in [3.63, 3.8) is 0 Å². The lowest BCUT2D eigenvalue weighted by Crippen LogP contribution is -2.28. The van der Waals surface area contributed by atoms with Crippen molar-refractivity contribution in [1.29, 1.82) is 0 Å². The van der Waals surface area contributed by atoms with Crippen molar-refractivity contribution in [1.82, 2.24) is 4.72 Å². The van der Waals surface area contributed by atoms with E-state index in [9.17, 15) is 16.8 Å². The first-order chi connectivity index (χ1) is 10.2. The van der Waals surface area contributed by atoms with E-state index in [1.54, 1.807) is 13.8 Å². The van der Waals surface area contributed by atoms with Crippen LogP contribution in [0.3, 0.4) is 0 Å². The van der Waals surface area contributed by atoms with Gasteiger partial charge in [-0.25, -0.2) is 0 Å². The molecule has 0 aliphatic rings. The largest absolute Gasteiger partial charge is 0.382 e. The van der Waals surface area contributed by atoms with Crippen LogP contribution in [0.15, 0.2) is 12.1 Å². The van der Waals surface area contributed by atoms with Crippen LogP contribution in [0.2, 0.25) is 0 Å². The molecular formula is C13H21NO6S3. The first-order valence-electron chi connectivity index (χ1n) is 6.76. The molecule has 0 heterocycles. The number of aryl methyl sites for hydroxylation is 1. The number of benzene rings is 1. The van der Waals surface area contributed by atoms with Gasteiger partial charge in [-0.3, -0.25) is 0 Å². The molecule has 0 fully saturated rings. The Morgan fingerprint density at radius 2 is 1.65 bits per heavy atom. The molecule has 1 N–H and O–H groups in total. The molecule has 0 unspecified atom stereocenters. The second-order valence-electron chi connectivity index (χ2n) is 5.91. The SMILES string of the molecule is CCNS(=O)(=O)Oc1cc(C(C)(C)C)c(OS(=O)(=O)S)cc1C. The minimum absolute atomic E-state index is 0.0817. The molecule has 7 nitrogen and oxygen atoms in total. The zero-order valence-corrected chi connectivity index (χ0v) is 16.1. The van der Waals surface area contributed by atoms with Crippen LogP contribution in [-0.2, 0) is 24.9 Å². The van der Waals surface area contributed by atoms with Crippen LogP contribution in [0.4, 0.5) is 0 Å². The molecule has 0 spiro atoms. The van der Waals surface area contributed by atoms with Gasteiger partial charge >= 0.3 is 19.5 Å². The molecule has 0 radical (unpaired) electrons. The highest BCUT2D eigenvalue weighted by atomic mass is 33.1. The Hall–Kier alpha value is -0.970. The summed E-state index contributed by atoms with van der Waals surface area (Å²) in [5, 5.41) is 0. The van der Waals surface area contributed by atoms with Gasteiger partial charge in [-0.15, -0.1) is 0 Å². The van der Waals surface area contributed by atoms with Gasteiger partial charge in [0.1, 0.15) is 11.5 Å². The molecule has 0 aliphatic heterocycles. The quantitative estimate of drug-likeness (QED) is 0.576. The van der Waals surface area contributed by atoms with Gasteiger partial charge in [-0.2, -0.15) is 21.6 Å². The van der Waals surface area contributed by atoms with Gasteiger partial charge < -0.3 is 8.37 Å². The van der Waals surface area contributed by atoms with E-state index in [1.165, 1.54) is 12.1 Å². The van der Waals surface area contributed by atoms with Crippen LogP contribution in [-0.4, -0.2) is 23.4 Å². The van der Waals surface area contributed by atoms with Crippen molar-refractivity contribution in [3.05, 3.63) is 23.3 Å². The van der Waals surface area contributed by atoms with Crippen LogP contribution in [0.1, 0.15) is 38.8 Å². The molecule has 10 heteroatoms. The zero-order chi connectivity index (χ0) is 18.1. The van der Waals surface area contributed by atoms with Crippen molar-refractivity contribution in [2.24, 2.45) is 0 Å². The van der Waals surface area contributed by atoms with Gasteiger partial charge in [0.15, 0.2) is 0 Å². The van der Waals surface area contributed by atoms with Crippen molar-refractivity contribution >= 4 is 31.1 Å². The number of hydrogen-bond acceptors (Lipinski definition) is 6. The van der Waals surface area contributed by atoms with E-state index in [4.69, 9.17) is 8.37 Å². The lowest BCUT2D eigenvalue weighted by atomic mass is 9.85. The van der Waals surface area contributed by atoms with E-state index in [2.05, 4.69) is 16.4 Å². The summed E-state index contributed by atoms with van der Waals surface area (Å²) < 4.78 is 58.2. The third kappa shape index (κ3) is 6.21. The zero-order valence-electron chi connectivity index (χ0n) is 13.6. The molecule has 23 heavy (non-hydrogen) atoms. The fourth-order valence-corrected chi connectivity index (χ4v) is 3.28. The molecule has 132 valence electrons. The Morgan fingerprint density at radius 3 is 2.09 bits per heavy atom. The van der Waals surface area contributed by atoms with Crippen LogP contribution in [0.5, 0.6) is 11.5 Å². The standard InChI is InChI=1S/C13H21NO6S3/c1-6-14-22(15,16)19-11-8-10(13(3,4)5)12(7-9(11)2)20-23(17,18)21/h7-8,14H,6H2,1-5H3,(H,17,18,21). The maximum absolute atomic E-state index is 11.8. The van der Waals surface area contributed by atoms with Crippen LogP contribution < -0.4 is 13.1 Å². The lowest BCUT2D eigenvalue weighted by Gasteiger charge is -2.23. The minimum Gasteiger partial charge on any atom is -0.374 e. The van der Waals surface area contributed by atoms with Crippen LogP contribution >= 0.6 is 11.7 Å².